The molecular formula is C18H16N4O5S. The standard InChI is InChI=1S/C18H16N4O5S/c1-28(25,26)14-5-2-4-12(10-14)17(23)21-8-3-9-22(21)18(24)13-6-7-15-16(11-13)20-27-19-15/h2,4-7,10-11H,3,8-9H2,1H3. The molecule has 1 fully saturated rings. The van der Waals surface area contributed by atoms with Crippen LogP contribution in [0.15, 0.2) is 52.0 Å². The molecule has 1 aliphatic heterocycles. The van der Waals surface area contributed by atoms with Gasteiger partial charge in [-0.05, 0) is 53.1 Å². The zero-order valence-corrected chi connectivity index (χ0v) is 15.7. The molecule has 144 valence electrons. The third kappa shape index (κ3) is 3.22. The van der Waals surface area contributed by atoms with Crippen LogP contribution in [0.25, 0.3) is 11.0 Å². The van der Waals surface area contributed by atoms with Gasteiger partial charge in [0.15, 0.2) is 9.84 Å². The molecule has 1 aromatic heterocycles. The summed E-state index contributed by atoms with van der Waals surface area (Å²) in [5, 5.41) is 10.1. The summed E-state index contributed by atoms with van der Waals surface area (Å²) < 4.78 is 28.2. The van der Waals surface area contributed by atoms with Gasteiger partial charge in [-0.15, -0.1) is 0 Å². The number of fused-ring (bicyclic) bond motifs is 1. The van der Waals surface area contributed by atoms with E-state index in [9.17, 15) is 18.0 Å². The fraction of sp³-hybridized carbons (Fsp3) is 0.222. The van der Waals surface area contributed by atoms with Crippen LogP contribution in [-0.4, -0.2) is 59.9 Å². The van der Waals surface area contributed by atoms with Gasteiger partial charge in [-0.25, -0.2) is 23.1 Å². The highest BCUT2D eigenvalue weighted by atomic mass is 32.2. The van der Waals surface area contributed by atoms with E-state index in [-0.39, 0.29) is 16.4 Å². The first-order valence-electron chi connectivity index (χ1n) is 8.51. The second-order valence-electron chi connectivity index (χ2n) is 6.48. The van der Waals surface area contributed by atoms with Crippen molar-refractivity contribution < 1.29 is 22.6 Å². The molecule has 10 heteroatoms. The first-order chi connectivity index (χ1) is 13.3. The normalized spacial score (nSPS) is 14.6. The number of hydrogen-bond donors (Lipinski definition) is 0. The SMILES string of the molecule is CS(=O)(=O)c1cccc(C(=O)N2CCCN2C(=O)c2ccc3nonc3c2)c1. The molecule has 1 saturated heterocycles. The van der Waals surface area contributed by atoms with Crippen molar-refractivity contribution in [3.8, 4) is 0 Å². The van der Waals surface area contributed by atoms with Gasteiger partial charge in [0.2, 0.25) is 0 Å². The molecule has 0 aliphatic carbocycles. The van der Waals surface area contributed by atoms with Crippen molar-refractivity contribution in [1.29, 1.82) is 0 Å². The number of carbonyl (C=O) groups is 2. The van der Waals surface area contributed by atoms with Gasteiger partial charge in [-0.3, -0.25) is 9.59 Å². The highest BCUT2D eigenvalue weighted by molar-refractivity contribution is 7.90. The van der Waals surface area contributed by atoms with E-state index >= 15 is 0 Å². The predicted octanol–water partition coefficient (Wildman–Crippen LogP) is 1.53. The average molecular weight is 400 g/mol. The lowest BCUT2D eigenvalue weighted by Gasteiger charge is -2.28. The van der Waals surface area contributed by atoms with Gasteiger partial charge >= 0.3 is 0 Å². The molecule has 4 rings (SSSR count). The van der Waals surface area contributed by atoms with E-state index in [1.54, 1.807) is 18.2 Å². The van der Waals surface area contributed by atoms with Crippen molar-refractivity contribution in [3.05, 3.63) is 53.6 Å². The maximum absolute atomic E-state index is 12.9. The second kappa shape index (κ2) is 6.71. The molecule has 0 saturated carbocycles. The van der Waals surface area contributed by atoms with Crippen LogP contribution in [0.3, 0.4) is 0 Å². The van der Waals surface area contributed by atoms with Crippen molar-refractivity contribution in [1.82, 2.24) is 20.3 Å². The molecule has 0 bridgehead atoms. The number of sulfone groups is 1. The van der Waals surface area contributed by atoms with Gasteiger partial charge in [0.25, 0.3) is 11.8 Å². The van der Waals surface area contributed by atoms with Crippen LogP contribution < -0.4 is 0 Å². The topological polar surface area (TPSA) is 114 Å². The van der Waals surface area contributed by atoms with Crippen LogP contribution in [0.2, 0.25) is 0 Å². The average Bonchev–Trinajstić information content (AvgIpc) is 3.35. The highest BCUT2D eigenvalue weighted by Crippen LogP contribution is 2.21. The Morgan fingerprint density at radius 1 is 0.929 bits per heavy atom. The molecular weight excluding hydrogens is 384 g/mol. The van der Waals surface area contributed by atoms with Gasteiger partial charge in [0.05, 0.1) is 4.90 Å². The number of hydrogen-bond acceptors (Lipinski definition) is 7. The monoisotopic (exact) mass is 400 g/mol. The van der Waals surface area contributed by atoms with Crippen LogP contribution in [0, 0.1) is 0 Å². The molecule has 1 aliphatic rings. The maximum Gasteiger partial charge on any atom is 0.272 e. The lowest BCUT2D eigenvalue weighted by Crippen LogP contribution is -2.44. The summed E-state index contributed by atoms with van der Waals surface area (Å²) in [4.78, 5) is 25.9. The smallest absolute Gasteiger partial charge is 0.267 e. The quantitative estimate of drug-likeness (QED) is 0.655. The van der Waals surface area contributed by atoms with Crippen molar-refractivity contribution in [2.75, 3.05) is 19.3 Å². The van der Waals surface area contributed by atoms with Gasteiger partial charge < -0.3 is 0 Å². The predicted molar refractivity (Wildman–Crippen MR) is 98.0 cm³/mol. The highest BCUT2D eigenvalue weighted by Gasteiger charge is 2.32. The molecule has 2 amide bonds. The number of benzene rings is 2. The Morgan fingerprint density at radius 2 is 1.57 bits per heavy atom. The largest absolute Gasteiger partial charge is 0.272 e. The molecule has 0 N–H and O–H groups in total. The zero-order valence-electron chi connectivity index (χ0n) is 14.9. The molecule has 0 unspecified atom stereocenters. The first-order valence-corrected chi connectivity index (χ1v) is 10.4. The lowest BCUT2D eigenvalue weighted by molar-refractivity contribution is 0.0186. The Bertz CT molecular complexity index is 1190. The molecule has 0 radical (unpaired) electrons. The Kier molecular flexibility index (Phi) is 4.34. The van der Waals surface area contributed by atoms with Crippen molar-refractivity contribution >= 4 is 32.7 Å². The van der Waals surface area contributed by atoms with Gasteiger partial charge in [-0.2, -0.15) is 0 Å². The molecule has 28 heavy (non-hydrogen) atoms. The Balaban J connectivity index is 1.62. The third-order valence-corrected chi connectivity index (χ3v) is 5.62. The lowest BCUT2D eigenvalue weighted by atomic mass is 10.2. The second-order valence-corrected chi connectivity index (χ2v) is 8.49. The van der Waals surface area contributed by atoms with E-state index in [0.29, 0.717) is 36.1 Å². The number of hydrazine groups is 1. The first kappa shape index (κ1) is 18.1. The fourth-order valence-corrected chi connectivity index (χ4v) is 3.77. The summed E-state index contributed by atoms with van der Waals surface area (Å²) in [5.74, 6) is -0.782. The summed E-state index contributed by atoms with van der Waals surface area (Å²) >= 11 is 0. The summed E-state index contributed by atoms with van der Waals surface area (Å²) in [5.41, 5.74) is 1.54. The van der Waals surface area contributed by atoms with Crippen molar-refractivity contribution in [3.63, 3.8) is 0 Å². The van der Waals surface area contributed by atoms with E-state index in [0.717, 1.165) is 6.26 Å². The summed E-state index contributed by atoms with van der Waals surface area (Å²) in [7, 11) is -3.44. The minimum Gasteiger partial charge on any atom is -0.267 e. The molecule has 0 spiro atoms. The molecule has 3 aromatic rings. The maximum atomic E-state index is 12.9. The van der Waals surface area contributed by atoms with E-state index in [4.69, 9.17) is 0 Å². The van der Waals surface area contributed by atoms with Crippen molar-refractivity contribution in [2.45, 2.75) is 11.3 Å². The van der Waals surface area contributed by atoms with Crippen LogP contribution >= 0.6 is 0 Å². The van der Waals surface area contributed by atoms with Gasteiger partial charge in [0.1, 0.15) is 11.0 Å². The van der Waals surface area contributed by atoms with Crippen molar-refractivity contribution in [2.24, 2.45) is 0 Å². The molecule has 9 nitrogen and oxygen atoms in total. The zero-order chi connectivity index (χ0) is 19.9. The number of nitrogens with zero attached hydrogens (tertiary/aromatic N) is 4. The number of rotatable bonds is 3. The number of carbonyl (C=O) groups excluding carboxylic acids is 2. The van der Waals surface area contributed by atoms with Crippen LogP contribution in [0.1, 0.15) is 27.1 Å². The molecule has 0 atom stereocenters. The number of amides is 2. The summed E-state index contributed by atoms with van der Waals surface area (Å²) in [6, 6.07) is 10.6. The van der Waals surface area contributed by atoms with Crippen LogP contribution in [0.4, 0.5) is 0 Å². The Morgan fingerprint density at radius 3 is 2.25 bits per heavy atom. The summed E-state index contributed by atoms with van der Waals surface area (Å²) in [6.07, 6.45) is 1.70. The van der Waals surface area contributed by atoms with E-state index in [1.165, 1.54) is 34.3 Å². The Labute approximate surface area is 160 Å². The number of aromatic nitrogens is 2. The summed E-state index contributed by atoms with van der Waals surface area (Å²) in [6.45, 7) is 0.743. The Hall–Kier alpha value is -3.27. The van der Waals surface area contributed by atoms with E-state index in [1.807, 2.05) is 0 Å². The van der Waals surface area contributed by atoms with Gasteiger partial charge in [-0.1, -0.05) is 6.07 Å². The minimum atomic E-state index is -3.44. The van der Waals surface area contributed by atoms with Crippen LogP contribution in [-0.2, 0) is 9.84 Å². The van der Waals surface area contributed by atoms with Crippen LogP contribution in [0.5, 0.6) is 0 Å². The minimum absolute atomic E-state index is 0.0550. The third-order valence-electron chi connectivity index (χ3n) is 4.51. The molecule has 2 aromatic carbocycles. The fourth-order valence-electron chi connectivity index (χ4n) is 3.11. The van der Waals surface area contributed by atoms with Gasteiger partial charge in [0, 0.05) is 30.5 Å². The molecule has 2 heterocycles. The van der Waals surface area contributed by atoms with E-state index < -0.39 is 15.7 Å². The van der Waals surface area contributed by atoms with E-state index in [2.05, 4.69) is 14.9 Å².